The van der Waals surface area contributed by atoms with E-state index in [2.05, 4.69) is 19.4 Å². The Hall–Kier alpha value is -4.63. The van der Waals surface area contributed by atoms with Crippen molar-refractivity contribution in [3.05, 3.63) is 90.8 Å². The molecule has 0 bridgehead atoms. The van der Waals surface area contributed by atoms with E-state index in [9.17, 15) is 34.8 Å². The van der Waals surface area contributed by atoms with Crippen molar-refractivity contribution in [3.63, 3.8) is 0 Å². The standard InChI is InChI=1S/C28H20F6N4O4S/c1-16-37-24(27(29,30)31)14-38(16)23-11-8-19(18-4-3-5-21(12-18)43(39,40)35-2)13-22(23)26-25(36-15-41-26)17-6-9-20(10-7-17)42-28(32,33)34/h3-15,35H,1-2H3. The number of oxazole rings is 1. The molecule has 3 aromatic carbocycles. The molecule has 5 rings (SSSR count). The number of benzene rings is 3. The van der Waals surface area contributed by atoms with Gasteiger partial charge in [-0.15, -0.1) is 13.2 Å². The molecule has 0 aliphatic rings. The van der Waals surface area contributed by atoms with E-state index in [1.807, 2.05) is 0 Å². The summed E-state index contributed by atoms with van der Waals surface area (Å²) < 4.78 is 116. The zero-order valence-electron chi connectivity index (χ0n) is 22.2. The van der Waals surface area contributed by atoms with E-state index in [1.165, 1.54) is 54.9 Å². The molecular formula is C28H20F6N4O4S. The van der Waals surface area contributed by atoms with Crippen LogP contribution < -0.4 is 9.46 Å². The second-order valence-corrected chi connectivity index (χ2v) is 11.0. The summed E-state index contributed by atoms with van der Waals surface area (Å²) in [5.41, 5.74) is 0.805. The predicted molar refractivity (Wildman–Crippen MR) is 143 cm³/mol. The summed E-state index contributed by atoms with van der Waals surface area (Å²) in [6, 6.07) is 15.5. The fourth-order valence-corrected chi connectivity index (χ4v) is 5.15. The highest BCUT2D eigenvalue weighted by molar-refractivity contribution is 7.89. The molecule has 15 heteroatoms. The number of aryl methyl sites for hydroxylation is 1. The Balaban J connectivity index is 1.68. The number of hydrogen-bond donors (Lipinski definition) is 1. The van der Waals surface area contributed by atoms with Crippen LogP contribution in [0.1, 0.15) is 11.5 Å². The lowest BCUT2D eigenvalue weighted by Gasteiger charge is -2.14. The normalized spacial score (nSPS) is 12.5. The molecular weight excluding hydrogens is 602 g/mol. The number of aromatic nitrogens is 3. The highest BCUT2D eigenvalue weighted by Crippen LogP contribution is 2.39. The highest BCUT2D eigenvalue weighted by Gasteiger charge is 2.35. The Labute approximate surface area is 240 Å². The van der Waals surface area contributed by atoms with Gasteiger partial charge >= 0.3 is 12.5 Å². The van der Waals surface area contributed by atoms with Gasteiger partial charge in [-0.05, 0) is 73.6 Å². The van der Waals surface area contributed by atoms with Gasteiger partial charge < -0.3 is 13.7 Å². The Morgan fingerprint density at radius 3 is 2.21 bits per heavy atom. The molecule has 0 aliphatic carbocycles. The van der Waals surface area contributed by atoms with E-state index in [-0.39, 0.29) is 33.4 Å². The molecule has 8 nitrogen and oxygen atoms in total. The third kappa shape index (κ3) is 6.27. The minimum atomic E-state index is -4.89. The van der Waals surface area contributed by atoms with E-state index >= 15 is 0 Å². The van der Waals surface area contributed by atoms with E-state index in [1.54, 1.807) is 18.2 Å². The summed E-state index contributed by atoms with van der Waals surface area (Å²) in [7, 11) is -2.52. The lowest BCUT2D eigenvalue weighted by Crippen LogP contribution is -2.18. The van der Waals surface area contributed by atoms with Crippen LogP contribution in [-0.4, -0.2) is 36.4 Å². The van der Waals surface area contributed by atoms with E-state index in [0.29, 0.717) is 16.7 Å². The lowest BCUT2D eigenvalue weighted by atomic mass is 9.98. The number of imidazole rings is 1. The molecule has 0 saturated heterocycles. The van der Waals surface area contributed by atoms with Gasteiger partial charge in [-0.1, -0.05) is 18.2 Å². The molecule has 0 radical (unpaired) electrons. The van der Waals surface area contributed by atoms with Crippen LogP contribution in [0.2, 0.25) is 0 Å². The first-order valence-corrected chi connectivity index (χ1v) is 13.8. The van der Waals surface area contributed by atoms with Crippen molar-refractivity contribution in [1.82, 2.24) is 19.3 Å². The van der Waals surface area contributed by atoms with Gasteiger partial charge in [0.2, 0.25) is 10.0 Å². The van der Waals surface area contributed by atoms with Crippen LogP contribution in [0.25, 0.3) is 39.4 Å². The smallest absolute Gasteiger partial charge is 0.443 e. The second kappa shape index (κ2) is 10.9. The maximum Gasteiger partial charge on any atom is 0.573 e. The molecule has 0 spiro atoms. The fourth-order valence-electron chi connectivity index (χ4n) is 4.38. The van der Waals surface area contributed by atoms with Gasteiger partial charge in [0.15, 0.2) is 17.8 Å². The number of rotatable bonds is 7. The molecule has 2 aromatic heterocycles. The molecule has 0 atom stereocenters. The Morgan fingerprint density at radius 1 is 0.907 bits per heavy atom. The van der Waals surface area contributed by atoms with E-state index < -0.39 is 34.0 Å². The van der Waals surface area contributed by atoms with Crippen LogP contribution in [0, 0.1) is 6.92 Å². The van der Waals surface area contributed by atoms with E-state index in [0.717, 1.165) is 24.7 Å². The van der Waals surface area contributed by atoms with E-state index in [4.69, 9.17) is 4.42 Å². The first-order valence-electron chi connectivity index (χ1n) is 12.3. The monoisotopic (exact) mass is 622 g/mol. The summed E-state index contributed by atoms with van der Waals surface area (Å²) in [5.74, 6) is -0.366. The fraction of sp³-hybridized carbons (Fsp3) is 0.143. The average Bonchev–Trinajstić information content (AvgIpc) is 3.59. The largest absolute Gasteiger partial charge is 0.573 e. The molecule has 2 heterocycles. The molecule has 0 amide bonds. The van der Waals surface area contributed by atoms with Crippen molar-refractivity contribution in [1.29, 1.82) is 0 Å². The van der Waals surface area contributed by atoms with Gasteiger partial charge in [0.25, 0.3) is 0 Å². The minimum Gasteiger partial charge on any atom is -0.443 e. The first kappa shape index (κ1) is 29.8. The van der Waals surface area contributed by atoms with Crippen LogP contribution in [0.4, 0.5) is 26.3 Å². The SMILES string of the molecule is CNS(=O)(=O)c1cccc(-c2ccc(-n3cc(C(F)(F)F)nc3C)c(-c3ocnc3-c3ccc(OC(F)(F)F)cc3)c2)c1. The molecule has 0 saturated carbocycles. The maximum absolute atomic E-state index is 13.5. The van der Waals surface area contributed by atoms with Gasteiger partial charge in [-0.2, -0.15) is 13.2 Å². The maximum atomic E-state index is 13.5. The summed E-state index contributed by atoms with van der Waals surface area (Å²) in [6.45, 7) is 1.39. The molecule has 0 unspecified atom stereocenters. The third-order valence-corrected chi connectivity index (χ3v) is 7.76. The number of hydrogen-bond acceptors (Lipinski definition) is 6. The van der Waals surface area contributed by atoms with Gasteiger partial charge in [0.05, 0.1) is 10.6 Å². The third-order valence-electron chi connectivity index (χ3n) is 6.35. The van der Waals surface area contributed by atoms with Crippen LogP contribution in [0.5, 0.6) is 5.75 Å². The van der Waals surface area contributed by atoms with Gasteiger partial charge in [-0.3, -0.25) is 0 Å². The van der Waals surface area contributed by atoms with Crippen molar-refractivity contribution in [2.24, 2.45) is 0 Å². The van der Waals surface area contributed by atoms with Crippen LogP contribution in [0.15, 0.2) is 88.6 Å². The molecule has 0 fully saturated rings. The van der Waals surface area contributed by atoms with Crippen molar-refractivity contribution < 1.29 is 43.9 Å². The van der Waals surface area contributed by atoms with Crippen LogP contribution in [0.3, 0.4) is 0 Å². The van der Waals surface area contributed by atoms with Gasteiger partial charge in [-0.25, -0.2) is 23.1 Å². The zero-order valence-corrected chi connectivity index (χ0v) is 23.0. The zero-order chi connectivity index (χ0) is 31.2. The van der Waals surface area contributed by atoms with Gasteiger partial charge in [0, 0.05) is 17.3 Å². The highest BCUT2D eigenvalue weighted by atomic mass is 32.2. The van der Waals surface area contributed by atoms with Gasteiger partial charge in [0.1, 0.15) is 17.3 Å². The number of sulfonamides is 1. The minimum absolute atomic E-state index is 0.0122. The van der Waals surface area contributed by atoms with Crippen LogP contribution in [-0.2, 0) is 16.2 Å². The number of ether oxygens (including phenoxy) is 1. The predicted octanol–water partition coefficient (Wildman–Crippen LogP) is 7.00. The molecule has 1 N–H and O–H groups in total. The van der Waals surface area contributed by atoms with Crippen molar-refractivity contribution >= 4 is 10.0 Å². The average molecular weight is 623 g/mol. The number of nitrogens with zero attached hydrogens (tertiary/aromatic N) is 3. The quantitative estimate of drug-likeness (QED) is 0.197. The lowest BCUT2D eigenvalue weighted by molar-refractivity contribution is -0.274. The van der Waals surface area contributed by atoms with Crippen LogP contribution >= 0.6 is 0 Å². The summed E-state index contributed by atoms with van der Waals surface area (Å²) in [5, 5.41) is 0. The summed E-state index contributed by atoms with van der Waals surface area (Å²) in [6.07, 6.45) is -7.69. The van der Waals surface area contributed by atoms with Crippen molar-refractivity contribution in [3.8, 4) is 45.1 Å². The van der Waals surface area contributed by atoms with Crippen molar-refractivity contribution in [2.75, 3.05) is 7.05 Å². The Kier molecular flexibility index (Phi) is 7.56. The molecule has 5 aromatic rings. The summed E-state index contributed by atoms with van der Waals surface area (Å²) in [4.78, 5) is 7.83. The Bertz CT molecular complexity index is 1900. The summed E-state index contributed by atoms with van der Waals surface area (Å²) >= 11 is 0. The Morgan fingerprint density at radius 2 is 1.58 bits per heavy atom. The molecule has 43 heavy (non-hydrogen) atoms. The number of nitrogens with one attached hydrogen (secondary N) is 1. The number of halogens is 6. The number of alkyl halides is 6. The molecule has 0 aliphatic heterocycles. The first-order chi connectivity index (χ1) is 20.2. The topological polar surface area (TPSA) is 99.2 Å². The second-order valence-electron chi connectivity index (χ2n) is 9.11. The van der Waals surface area contributed by atoms with Crippen molar-refractivity contribution in [2.45, 2.75) is 24.4 Å². The molecule has 224 valence electrons.